The van der Waals surface area contributed by atoms with Gasteiger partial charge >= 0.3 is 80.8 Å². The van der Waals surface area contributed by atoms with Gasteiger partial charge in [-0.15, -0.1) is 0 Å². The lowest BCUT2D eigenvalue weighted by molar-refractivity contribution is -0.438. The standard InChI is InChI=1S/C14HF27O3S/c15-1(3(17,18)5(21,22)7(25,26)9(29,30)11(33,34)13(37,38)39)2(16)4(19,20)6(23,24)8(27,28)10(31,32)12(35,36)14(40,41)45(42,43)44/h(H,42,43,44)/b2-1+. The van der Waals surface area contributed by atoms with Gasteiger partial charge in [-0.2, -0.15) is 118 Å². The average molecular weight is 762 g/mol. The van der Waals surface area contributed by atoms with E-state index in [1.54, 1.807) is 0 Å². The maximum atomic E-state index is 13.6. The van der Waals surface area contributed by atoms with Gasteiger partial charge in [-0.05, 0) is 0 Å². The number of allylic oxidation sites excluding steroid dienone is 2. The van der Waals surface area contributed by atoms with Gasteiger partial charge in [0.25, 0.3) is 0 Å². The number of hydrogen-bond acceptors (Lipinski definition) is 2. The van der Waals surface area contributed by atoms with E-state index in [1.165, 1.54) is 0 Å². The summed E-state index contributed by atoms with van der Waals surface area (Å²) in [7, 11) is -8.21. The van der Waals surface area contributed by atoms with Crippen molar-refractivity contribution >= 4 is 10.1 Å². The number of halogens is 27. The van der Waals surface area contributed by atoms with E-state index in [0.717, 1.165) is 0 Å². The smallest absolute Gasteiger partial charge is 0.281 e. The summed E-state index contributed by atoms with van der Waals surface area (Å²) < 4.78 is 383. The van der Waals surface area contributed by atoms with Crippen LogP contribution in [0.25, 0.3) is 0 Å². The summed E-state index contributed by atoms with van der Waals surface area (Å²) in [5, 5.41) is -8.16. The summed E-state index contributed by atoms with van der Waals surface area (Å²) >= 11 is 0. The molecule has 0 aliphatic heterocycles. The molecular weight excluding hydrogens is 761 g/mol. The molecule has 270 valence electrons. The van der Waals surface area contributed by atoms with Crippen molar-refractivity contribution in [2.75, 3.05) is 0 Å². The van der Waals surface area contributed by atoms with Crippen LogP contribution in [-0.2, 0) is 10.1 Å². The van der Waals surface area contributed by atoms with E-state index in [4.69, 9.17) is 4.55 Å². The topological polar surface area (TPSA) is 54.4 Å². The Balaban J connectivity index is 7.51. The van der Waals surface area contributed by atoms with Crippen LogP contribution in [0, 0.1) is 0 Å². The minimum absolute atomic E-state index is 6.31. The normalized spacial score (nSPS) is 17.4. The summed E-state index contributed by atoms with van der Waals surface area (Å²) in [4.78, 5) is 0. The summed E-state index contributed by atoms with van der Waals surface area (Å²) in [5.74, 6) is -103. The van der Waals surface area contributed by atoms with Crippen LogP contribution in [0.5, 0.6) is 0 Å². The maximum absolute atomic E-state index is 13.6. The highest BCUT2D eigenvalue weighted by Crippen LogP contribution is 2.65. The Kier molecular flexibility index (Phi) is 9.86. The fraction of sp³-hybridized carbons (Fsp3) is 0.857. The Morgan fingerprint density at radius 3 is 0.756 bits per heavy atom. The first-order valence-electron chi connectivity index (χ1n) is 9.07. The Labute approximate surface area is 225 Å². The summed E-state index contributed by atoms with van der Waals surface area (Å²) in [5.41, 5.74) is 0. The molecule has 45 heavy (non-hydrogen) atoms. The number of hydrogen-bond donors (Lipinski definition) is 1. The number of alkyl halides is 25. The van der Waals surface area contributed by atoms with E-state index < -0.39 is 92.4 Å². The van der Waals surface area contributed by atoms with Gasteiger partial charge in [0.05, 0.1) is 0 Å². The molecule has 0 heterocycles. The highest BCUT2D eigenvalue weighted by Gasteiger charge is 2.94. The van der Waals surface area contributed by atoms with Crippen molar-refractivity contribution in [1.29, 1.82) is 0 Å². The SMILES string of the molecule is O=S(=O)(O)C(F)(F)C(F)(F)C(F)(F)C(F)(F)C(F)(F)C(F)(F)/C(F)=C(\F)C(F)(F)C(F)(F)C(F)(F)C(F)(F)C(F)(F)C(F)(F)F. The fourth-order valence-electron chi connectivity index (χ4n) is 2.26. The number of rotatable bonds is 12. The quantitative estimate of drug-likeness (QED) is 0.160. The molecule has 1 N–H and O–H groups in total. The first-order valence-corrected chi connectivity index (χ1v) is 10.5. The van der Waals surface area contributed by atoms with Gasteiger partial charge in [-0.1, -0.05) is 0 Å². The molecule has 0 amide bonds. The second-order valence-corrected chi connectivity index (χ2v) is 9.32. The first kappa shape index (κ1) is 42.8. The van der Waals surface area contributed by atoms with Crippen LogP contribution in [0.2, 0.25) is 0 Å². The Morgan fingerprint density at radius 2 is 0.556 bits per heavy atom. The fourth-order valence-corrected chi connectivity index (χ4v) is 2.71. The highest BCUT2D eigenvalue weighted by molar-refractivity contribution is 7.87. The Morgan fingerprint density at radius 1 is 0.356 bits per heavy atom. The van der Waals surface area contributed by atoms with E-state index in [0.29, 0.717) is 0 Å². The molecule has 31 heteroatoms. The van der Waals surface area contributed by atoms with Gasteiger partial charge in [0, 0.05) is 0 Å². The molecule has 0 aliphatic carbocycles. The molecule has 0 fully saturated rings. The minimum atomic E-state index is -9.33. The highest BCUT2D eigenvalue weighted by atomic mass is 32.2. The molecule has 0 bridgehead atoms. The molecule has 0 rings (SSSR count). The van der Waals surface area contributed by atoms with Crippen molar-refractivity contribution in [3.63, 3.8) is 0 Å². The van der Waals surface area contributed by atoms with Crippen molar-refractivity contribution in [2.24, 2.45) is 0 Å². The lowest BCUT2D eigenvalue weighted by Crippen LogP contribution is -2.72. The van der Waals surface area contributed by atoms with Crippen LogP contribution in [0.15, 0.2) is 11.7 Å². The van der Waals surface area contributed by atoms with Crippen molar-refractivity contribution in [2.45, 2.75) is 70.7 Å². The molecule has 0 radical (unpaired) electrons. The molecule has 0 spiro atoms. The molecule has 0 aromatic rings. The van der Waals surface area contributed by atoms with E-state index in [1.807, 2.05) is 0 Å². The molecule has 0 aromatic carbocycles. The van der Waals surface area contributed by atoms with E-state index >= 15 is 0 Å². The van der Waals surface area contributed by atoms with E-state index in [2.05, 4.69) is 0 Å². The van der Waals surface area contributed by atoms with Crippen LogP contribution in [0.1, 0.15) is 0 Å². The largest absolute Gasteiger partial charge is 0.460 e. The zero-order valence-corrected chi connectivity index (χ0v) is 19.7. The second kappa shape index (κ2) is 10.4. The van der Waals surface area contributed by atoms with E-state index in [-0.39, 0.29) is 0 Å². The average Bonchev–Trinajstić information content (AvgIpc) is 2.80. The summed E-state index contributed by atoms with van der Waals surface area (Å²) in [6.07, 6.45) is -8.16. The maximum Gasteiger partial charge on any atom is 0.460 e. The van der Waals surface area contributed by atoms with Gasteiger partial charge in [0.1, 0.15) is 0 Å². The molecule has 0 saturated carbocycles. The van der Waals surface area contributed by atoms with Crippen molar-refractivity contribution < 1.29 is 132 Å². The van der Waals surface area contributed by atoms with Gasteiger partial charge in [0.2, 0.25) is 11.7 Å². The van der Waals surface area contributed by atoms with Crippen LogP contribution >= 0.6 is 0 Å². The first-order chi connectivity index (χ1) is 18.8. The van der Waals surface area contributed by atoms with Crippen LogP contribution in [-0.4, -0.2) is 83.6 Å². The zero-order chi connectivity index (χ0) is 37.7. The second-order valence-electron chi connectivity index (χ2n) is 7.86. The predicted octanol–water partition coefficient (Wildman–Crippen LogP) is 8.53. The molecule has 0 atom stereocenters. The predicted molar refractivity (Wildman–Crippen MR) is 81.3 cm³/mol. The molecule has 0 aromatic heterocycles. The Bertz CT molecular complexity index is 1270. The summed E-state index contributed by atoms with van der Waals surface area (Å²) in [6.45, 7) is 0. The minimum Gasteiger partial charge on any atom is -0.281 e. The third-order valence-corrected chi connectivity index (χ3v) is 5.85. The monoisotopic (exact) mass is 762 g/mol. The third kappa shape index (κ3) is 5.19. The molecule has 0 saturated heterocycles. The van der Waals surface area contributed by atoms with Gasteiger partial charge < -0.3 is 0 Å². The van der Waals surface area contributed by atoms with E-state index in [9.17, 15) is 127 Å². The van der Waals surface area contributed by atoms with Crippen molar-refractivity contribution in [1.82, 2.24) is 0 Å². The molecular formula is C14HF27O3S. The van der Waals surface area contributed by atoms with Gasteiger partial charge in [-0.25, -0.2) is 8.78 Å². The van der Waals surface area contributed by atoms with Gasteiger partial charge in [-0.3, -0.25) is 4.55 Å². The molecule has 0 unspecified atom stereocenters. The lowest BCUT2D eigenvalue weighted by atomic mass is 9.90. The molecule has 0 aliphatic rings. The summed E-state index contributed by atoms with van der Waals surface area (Å²) in [6, 6.07) is 0. The Hall–Kier alpha value is -2.24. The van der Waals surface area contributed by atoms with Crippen LogP contribution in [0.4, 0.5) is 119 Å². The molecule has 3 nitrogen and oxygen atoms in total. The van der Waals surface area contributed by atoms with Crippen molar-refractivity contribution in [3.8, 4) is 0 Å². The van der Waals surface area contributed by atoms with Crippen LogP contribution < -0.4 is 0 Å². The lowest BCUT2D eigenvalue weighted by Gasteiger charge is -2.41. The zero-order valence-electron chi connectivity index (χ0n) is 18.9. The van der Waals surface area contributed by atoms with Gasteiger partial charge in [0.15, 0.2) is 0 Å². The third-order valence-electron chi connectivity index (χ3n) is 4.94. The van der Waals surface area contributed by atoms with Crippen molar-refractivity contribution in [3.05, 3.63) is 11.7 Å². The van der Waals surface area contributed by atoms with Crippen LogP contribution in [0.3, 0.4) is 0 Å².